The number of nitrogens with one attached hydrogen (secondary N) is 1. The number of carbonyl (C=O) groups excluding carboxylic acids is 2. The summed E-state index contributed by atoms with van der Waals surface area (Å²) in [4.78, 5) is 32.9. The zero-order valence-corrected chi connectivity index (χ0v) is 16.0. The molecule has 3 aromatic rings. The third-order valence-corrected chi connectivity index (χ3v) is 5.34. The van der Waals surface area contributed by atoms with E-state index in [0.717, 1.165) is 11.3 Å². The van der Waals surface area contributed by atoms with E-state index in [2.05, 4.69) is 10.3 Å². The second-order valence-corrected chi connectivity index (χ2v) is 7.36. The van der Waals surface area contributed by atoms with Crippen molar-refractivity contribution in [1.82, 2.24) is 14.8 Å². The van der Waals surface area contributed by atoms with Crippen LogP contribution in [0.25, 0.3) is 11.3 Å². The molecule has 2 aromatic heterocycles. The summed E-state index contributed by atoms with van der Waals surface area (Å²) < 4.78 is 5.17. The summed E-state index contributed by atoms with van der Waals surface area (Å²) in [6.45, 7) is 2.72. The van der Waals surface area contributed by atoms with Crippen LogP contribution in [0.15, 0.2) is 58.5 Å². The van der Waals surface area contributed by atoms with Crippen LogP contribution in [-0.2, 0) is 4.79 Å². The fraction of sp³-hybridized carbons (Fsp3) is 0.250. The van der Waals surface area contributed by atoms with Gasteiger partial charge in [0.2, 0.25) is 5.91 Å². The van der Waals surface area contributed by atoms with Gasteiger partial charge in [-0.2, -0.15) is 0 Å². The summed E-state index contributed by atoms with van der Waals surface area (Å²) in [6, 6.07) is 13.2. The maximum Gasteiger partial charge on any atom is 0.289 e. The lowest BCUT2D eigenvalue weighted by Gasteiger charge is -2.33. The van der Waals surface area contributed by atoms with Crippen LogP contribution in [0, 0.1) is 0 Å². The predicted octanol–water partition coefficient (Wildman–Crippen LogP) is 2.80. The quantitative estimate of drug-likeness (QED) is 0.717. The number of hydrogen-bond donors (Lipinski definition) is 1. The molecule has 4 rings (SSSR count). The number of piperazine rings is 1. The van der Waals surface area contributed by atoms with Crippen LogP contribution in [-0.4, -0.2) is 59.3 Å². The molecule has 0 spiro atoms. The largest absolute Gasteiger partial charge is 0.459 e. The van der Waals surface area contributed by atoms with E-state index < -0.39 is 0 Å². The minimum atomic E-state index is -0.106. The van der Waals surface area contributed by atoms with E-state index in [4.69, 9.17) is 4.42 Å². The summed E-state index contributed by atoms with van der Waals surface area (Å²) >= 11 is 1.41. The Morgan fingerprint density at radius 1 is 1.07 bits per heavy atom. The molecule has 0 aliphatic carbocycles. The van der Waals surface area contributed by atoms with E-state index >= 15 is 0 Å². The number of benzene rings is 1. The van der Waals surface area contributed by atoms with Gasteiger partial charge >= 0.3 is 0 Å². The molecule has 0 radical (unpaired) electrons. The molecular formula is C20H20N4O3S. The summed E-state index contributed by atoms with van der Waals surface area (Å²) in [7, 11) is 0. The summed E-state index contributed by atoms with van der Waals surface area (Å²) in [5, 5.41) is 5.39. The van der Waals surface area contributed by atoms with E-state index in [1.54, 1.807) is 17.0 Å². The first kappa shape index (κ1) is 18.4. The smallest absolute Gasteiger partial charge is 0.289 e. The Hall–Kier alpha value is -2.97. The Kier molecular flexibility index (Phi) is 5.50. The molecule has 8 heteroatoms. The summed E-state index contributed by atoms with van der Waals surface area (Å²) in [5.41, 5.74) is 1.88. The van der Waals surface area contributed by atoms with Crippen LogP contribution in [0.5, 0.6) is 0 Å². The second-order valence-electron chi connectivity index (χ2n) is 6.50. The molecule has 1 aromatic carbocycles. The van der Waals surface area contributed by atoms with Gasteiger partial charge in [-0.05, 0) is 12.1 Å². The Balaban J connectivity index is 1.26. The minimum Gasteiger partial charge on any atom is -0.459 e. The molecule has 0 atom stereocenters. The fourth-order valence-electron chi connectivity index (χ4n) is 3.10. The van der Waals surface area contributed by atoms with Crippen molar-refractivity contribution in [2.75, 3.05) is 38.0 Å². The molecule has 144 valence electrons. The van der Waals surface area contributed by atoms with Gasteiger partial charge in [-0.1, -0.05) is 30.3 Å². The molecule has 7 nitrogen and oxygen atoms in total. The number of anilines is 1. The van der Waals surface area contributed by atoms with Crippen LogP contribution >= 0.6 is 11.3 Å². The van der Waals surface area contributed by atoms with Gasteiger partial charge in [0.1, 0.15) is 0 Å². The molecule has 1 aliphatic heterocycles. The first-order valence-electron chi connectivity index (χ1n) is 9.05. The van der Waals surface area contributed by atoms with Crippen molar-refractivity contribution in [3.8, 4) is 11.3 Å². The molecular weight excluding hydrogens is 376 g/mol. The lowest BCUT2D eigenvalue weighted by atomic mass is 10.2. The van der Waals surface area contributed by atoms with E-state index in [1.165, 1.54) is 17.6 Å². The monoisotopic (exact) mass is 396 g/mol. The van der Waals surface area contributed by atoms with E-state index in [0.29, 0.717) is 37.1 Å². The van der Waals surface area contributed by atoms with Crippen LogP contribution in [0.3, 0.4) is 0 Å². The first-order chi connectivity index (χ1) is 13.7. The van der Waals surface area contributed by atoms with Crippen LogP contribution < -0.4 is 5.32 Å². The molecule has 1 N–H and O–H groups in total. The van der Waals surface area contributed by atoms with Gasteiger partial charge in [-0.25, -0.2) is 4.98 Å². The number of amides is 2. The highest BCUT2D eigenvalue weighted by Crippen LogP contribution is 2.24. The molecule has 1 aliphatic rings. The Morgan fingerprint density at radius 2 is 1.86 bits per heavy atom. The molecule has 1 saturated heterocycles. The summed E-state index contributed by atoms with van der Waals surface area (Å²) in [6.07, 6.45) is 1.50. The molecule has 0 unspecified atom stereocenters. The highest BCUT2D eigenvalue weighted by molar-refractivity contribution is 7.14. The molecule has 1 fully saturated rings. The lowest BCUT2D eigenvalue weighted by Crippen LogP contribution is -2.50. The number of nitrogens with zero attached hydrogens (tertiary/aromatic N) is 3. The number of furan rings is 1. The summed E-state index contributed by atoms with van der Waals surface area (Å²) in [5.74, 6) is 0.147. The van der Waals surface area contributed by atoms with Gasteiger partial charge in [0.05, 0.1) is 18.5 Å². The van der Waals surface area contributed by atoms with Gasteiger partial charge in [0.25, 0.3) is 5.91 Å². The lowest BCUT2D eigenvalue weighted by molar-refractivity contribution is -0.117. The van der Waals surface area contributed by atoms with Gasteiger partial charge in [0, 0.05) is 37.1 Å². The maximum atomic E-state index is 12.3. The van der Waals surface area contributed by atoms with E-state index in [1.807, 2.05) is 40.6 Å². The first-order valence-corrected chi connectivity index (χ1v) is 9.93. The van der Waals surface area contributed by atoms with Crippen LogP contribution in [0.4, 0.5) is 5.13 Å². The minimum absolute atomic E-state index is 0.0974. The van der Waals surface area contributed by atoms with Crippen molar-refractivity contribution in [3.63, 3.8) is 0 Å². The number of rotatable bonds is 5. The molecule has 0 bridgehead atoms. The third-order valence-electron chi connectivity index (χ3n) is 4.58. The standard InChI is InChI=1S/C20H20N4O3S/c25-18(22-20-21-16(14-28-20)15-5-2-1-3-6-15)13-23-8-10-24(11-9-23)19(26)17-7-4-12-27-17/h1-7,12,14H,8-11,13H2,(H,21,22,25). The van der Waals surface area contributed by atoms with Gasteiger partial charge in [-0.3, -0.25) is 14.5 Å². The van der Waals surface area contributed by atoms with Crippen molar-refractivity contribution in [1.29, 1.82) is 0 Å². The molecule has 3 heterocycles. The van der Waals surface area contributed by atoms with Crippen molar-refractivity contribution < 1.29 is 14.0 Å². The fourth-order valence-corrected chi connectivity index (χ4v) is 3.84. The normalized spacial score (nSPS) is 14.8. The maximum absolute atomic E-state index is 12.3. The number of carbonyl (C=O) groups is 2. The number of thiazole rings is 1. The average molecular weight is 396 g/mol. The topological polar surface area (TPSA) is 78.7 Å². The highest BCUT2D eigenvalue weighted by atomic mass is 32.1. The van der Waals surface area contributed by atoms with Gasteiger partial charge < -0.3 is 14.6 Å². The van der Waals surface area contributed by atoms with Crippen molar-refractivity contribution in [2.45, 2.75) is 0 Å². The Bertz CT molecular complexity index is 932. The molecule has 28 heavy (non-hydrogen) atoms. The number of aromatic nitrogens is 1. The average Bonchev–Trinajstić information content (AvgIpc) is 3.41. The van der Waals surface area contributed by atoms with Crippen molar-refractivity contribution >= 4 is 28.3 Å². The number of hydrogen-bond acceptors (Lipinski definition) is 6. The van der Waals surface area contributed by atoms with E-state index in [9.17, 15) is 9.59 Å². The zero-order chi connectivity index (χ0) is 19.3. The SMILES string of the molecule is O=C(CN1CCN(C(=O)c2ccco2)CC1)Nc1nc(-c2ccccc2)cs1. The zero-order valence-electron chi connectivity index (χ0n) is 15.2. The second kappa shape index (κ2) is 8.37. The van der Waals surface area contributed by atoms with E-state index in [-0.39, 0.29) is 18.4 Å². The molecule has 0 saturated carbocycles. The highest BCUT2D eigenvalue weighted by Gasteiger charge is 2.24. The predicted molar refractivity (Wildman–Crippen MR) is 107 cm³/mol. The third kappa shape index (κ3) is 4.29. The molecule has 2 amide bonds. The Labute approximate surface area is 166 Å². The van der Waals surface area contributed by atoms with Gasteiger partial charge in [0.15, 0.2) is 10.9 Å². The Morgan fingerprint density at radius 3 is 2.57 bits per heavy atom. The van der Waals surface area contributed by atoms with Crippen molar-refractivity contribution in [2.24, 2.45) is 0 Å². The van der Waals surface area contributed by atoms with Gasteiger partial charge in [-0.15, -0.1) is 11.3 Å². The van der Waals surface area contributed by atoms with Crippen molar-refractivity contribution in [3.05, 3.63) is 59.9 Å². The van der Waals surface area contributed by atoms with Crippen LogP contribution in [0.1, 0.15) is 10.6 Å². The van der Waals surface area contributed by atoms with Crippen LogP contribution in [0.2, 0.25) is 0 Å².